The average molecular weight is 310 g/mol. The molecule has 0 bridgehead atoms. The molecule has 0 atom stereocenters. The Morgan fingerprint density at radius 2 is 2.17 bits per heavy atom. The molecule has 0 saturated heterocycles. The minimum Gasteiger partial charge on any atom is -0.398 e. The summed E-state index contributed by atoms with van der Waals surface area (Å²) >= 11 is 3.38. The summed E-state index contributed by atoms with van der Waals surface area (Å²) in [5.74, 6) is 0. The molecule has 0 amide bonds. The Hall–Kier alpha value is -1.33. The van der Waals surface area contributed by atoms with E-state index < -0.39 is 5.60 Å². The van der Waals surface area contributed by atoms with Gasteiger partial charge in [0, 0.05) is 28.3 Å². The van der Waals surface area contributed by atoms with E-state index in [4.69, 9.17) is 5.73 Å². The van der Waals surface area contributed by atoms with Gasteiger partial charge in [0.05, 0.1) is 16.8 Å². The minimum absolute atomic E-state index is 0.448. The van der Waals surface area contributed by atoms with Crippen molar-refractivity contribution in [2.45, 2.75) is 19.4 Å². The highest BCUT2D eigenvalue weighted by molar-refractivity contribution is 9.10. The number of nitrogens with zero attached hydrogens (tertiary/aromatic N) is 1. The van der Waals surface area contributed by atoms with Crippen molar-refractivity contribution in [3.8, 4) is 0 Å². The number of benzene rings is 1. The summed E-state index contributed by atoms with van der Waals surface area (Å²) in [6.07, 6.45) is 1.73. The molecule has 0 aliphatic rings. The fourth-order valence-corrected chi connectivity index (χ4v) is 2.00. The number of nitrogen functional groups attached to an aromatic ring is 1. The van der Waals surface area contributed by atoms with E-state index in [0.717, 1.165) is 21.1 Å². The largest absolute Gasteiger partial charge is 0.398 e. The lowest BCUT2D eigenvalue weighted by atomic mass is 10.1. The van der Waals surface area contributed by atoms with Gasteiger partial charge in [-0.25, -0.2) is 0 Å². The Balaban J connectivity index is 2.43. The van der Waals surface area contributed by atoms with Crippen LogP contribution in [0, 0.1) is 0 Å². The van der Waals surface area contributed by atoms with Crippen LogP contribution in [-0.4, -0.2) is 22.2 Å². The van der Waals surface area contributed by atoms with Crippen molar-refractivity contribution < 1.29 is 5.11 Å². The van der Waals surface area contributed by atoms with E-state index in [2.05, 4.69) is 26.2 Å². The lowest BCUT2D eigenvalue weighted by molar-refractivity contribution is 0.0945. The van der Waals surface area contributed by atoms with E-state index in [9.17, 15) is 5.11 Å². The van der Waals surface area contributed by atoms with Crippen LogP contribution >= 0.6 is 15.9 Å². The minimum atomic E-state index is -0.775. The molecular weight excluding hydrogens is 294 g/mol. The fourth-order valence-electron chi connectivity index (χ4n) is 1.67. The van der Waals surface area contributed by atoms with Crippen molar-refractivity contribution in [2.75, 3.05) is 17.6 Å². The van der Waals surface area contributed by atoms with E-state index in [1.165, 1.54) is 0 Å². The van der Waals surface area contributed by atoms with Gasteiger partial charge >= 0.3 is 0 Å². The number of nitrogens with one attached hydrogen (secondary N) is 1. The Morgan fingerprint density at radius 3 is 2.83 bits per heavy atom. The van der Waals surface area contributed by atoms with Crippen LogP contribution < -0.4 is 11.1 Å². The number of rotatable bonds is 3. The van der Waals surface area contributed by atoms with E-state index in [-0.39, 0.29) is 0 Å². The number of hydrogen-bond acceptors (Lipinski definition) is 4. The van der Waals surface area contributed by atoms with Crippen molar-refractivity contribution in [1.29, 1.82) is 0 Å². The first-order valence-corrected chi connectivity index (χ1v) is 6.46. The molecule has 1 heterocycles. The third-order valence-corrected chi connectivity index (χ3v) is 3.00. The molecule has 2 rings (SSSR count). The fraction of sp³-hybridized carbons (Fsp3) is 0.308. The molecule has 1 aromatic heterocycles. The van der Waals surface area contributed by atoms with Gasteiger partial charge in [-0.15, -0.1) is 0 Å². The van der Waals surface area contributed by atoms with Gasteiger partial charge in [-0.3, -0.25) is 4.98 Å². The highest BCUT2D eigenvalue weighted by Gasteiger charge is 2.13. The summed E-state index contributed by atoms with van der Waals surface area (Å²) in [6.45, 7) is 3.96. The van der Waals surface area contributed by atoms with Gasteiger partial charge in [-0.2, -0.15) is 0 Å². The lowest BCUT2D eigenvalue weighted by Gasteiger charge is -2.19. The van der Waals surface area contributed by atoms with Crippen LogP contribution in [0.3, 0.4) is 0 Å². The Bertz CT molecular complexity index is 578. The summed E-state index contributed by atoms with van der Waals surface area (Å²) in [5.41, 5.74) is 7.53. The third kappa shape index (κ3) is 2.91. The Labute approximate surface area is 114 Å². The number of nitrogens with two attached hydrogens (primary N) is 1. The highest BCUT2D eigenvalue weighted by Crippen LogP contribution is 2.29. The smallest absolute Gasteiger partial charge is 0.0954 e. The van der Waals surface area contributed by atoms with Gasteiger partial charge in [0.25, 0.3) is 0 Å². The SMILES string of the molecule is CC(C)(O)CNc1ccc(N)c2cc(Br)cnc12. The van der Waals surface area contributed by atoms with Crippen LogP contribution in [-0.2, 0) is 0 Å². The molecule has 0 spiro atoms. The predicted molar refractivity (Wildman–Crippen MR) is 78.6 cm³/mol. The molecule has 0 unspecified atom stereocenters. The number of halogens is 1. The van der Waals surface area contributed by atoms with E-state index in [1.807, 2.05) is 18.2 Å². The molecule has 0 fully saturated rings. The molecule has 2 aromatic rings. The van der Waals surface area contributed by atoms with E-state index in [1.54, 1.807) is 20.0 Å². The summed E-state index contributed by atoms with van der Waals surface area (Å²) in [4.78, 5) is 4.37. The number of aliphatic hydroxyl groups is 1. The van der Waals surface area contributed by atoms with Crippen molar-refractivity contribution in [1.82, 2.24) is 4.98 Å². The standard InChI is InChI=1S/C13H16BrN3O/c1-13(2,18)7-17-11-4-3-10(15)9-5-8(14)6-16-12(9)11/h3-6,17-18H,7,15H2,1-2H3. The van der Waals surface area contributed by atoms with Crippen LogP contribution in [0.25, 0.3) is 10.9 Å². The van der Waals surface area contributed by atoms with Crippen LogP contribution in [0.4, 0.5) is 11.4 Å². The summed E-state index contributed by atoms with van der Waals surface area (Å²) < 4.78 is 0.890. The third-order valence-electron chi connectivity index (χ3n) is 2.56. The molecule has 0 radical (unpaired) electrons. The van der Waals surface area contributed by atoms with Gasteiger partial charge in [0.1, 0.15) is 0 Å². The van der Waals surface area contributed by atoms with Crippen LogP contribution in [0.1, 0.15) is 13.8 Å². The maximum Gasteiger partial charge on any atom is 0.0954 e. The summed E-state index contributed by atoms with van der Waals surface area (Å²) in [5, 5.41) is 13.8. The molecule has 96 valence electrons. The molecule has 0 aliphatic heterocycles. The van der Waals surface area contributed by atoms with Gasteiger partial charge in [-0.05, 0) is 48.0 Å². The zero-order chi connectivity index (χ0) is 13.3. The van der Waals surface area contributed by atoms with Gasteiger partial charge < -0.3 is 16.2 Å². The zero-order valence-electron chi connectivity index (χ0n) is 10.4. The monoisotopic (exact) mass is 309 g/mol. The average Bonchev–Trinajstić information content (AvgIpc) is 2.27. The van der Waals surface area contributed by atoms with Crippen molar-refractivity contribution in [2.24, 2.45) is 0 Å². The number of anilines is 2. The zero-order valence-corrected chi connectivity index (χ0v) is 12.0. The lowest BCUT2D eigenvalue weighted by Crippen LogP contribution is -2.29. The molecule has 0 aliphatic carbocycles. The molecular formula is C13H16BrN3O. The first-order chi connectivity index (χ1) is 8.37. The quantitative estimate of drug-likeness (QED) is 0.762. The van der Waals surface area contributed by atoms with Gasteiger partial charge in [-0.1, -0.05) is 0 Å². The second-order valence-corrected chi connectivity index (χ2v) is 5.83. The van der Waals surface area contributed by atoms with Crippen LogP contribution in [0.5, 0.6) is 0 Å². The maximum absolute atomic E-state index is 9.73. The molecule has 0 saturated carbocycles. The summed E-state index contributed by atoms with van der Waals surface area (Å²) in [6, 6.07) is 5.65. The number of hydrogen-bond donors (Lipinski definition) is 3. The normalized spacial score (nSPS) is 11.8. The second-order valence-electron chi connectivity index (χ2n) is 4.92. The molecule has 18 heavy (non-hydrogen) atoms. The Morgan fingerprint density at radius 1 is 1.44 bits per heavy atom. The first kappa shape index (κ1) is 13.1. The van der Waals surface area contributed by atoms with Gasteiger partial charge in [0.15, 0.2) is 0 Å². The van der Waals surface area contributed by atoms with E-state index >= 15 is 0 Å². The van der Waals surface area contributed by atoms with Crippen molar-refractivity contribution >= 4 is 38.2 Å². The summed E-state index contributed by atoms with van der Waals surface area (Å²) in [7, 11) is 0. The number of pyridine rings is 1. The van der Waals surface area contributed by atoms with Crippen LogP contribution in [0.2, 0.25) is 0 Å². The molecule has 1 aromatic carbocycles. The molecule has 4 nitrogen and oxygen atoms in total. The Kier molecular flexibility index (Phi) is 3.45. The van der Waals surface area contributed by atoms with Gasteiger partial charge in [0.2, 0.25) is 0 Å². The van der Waals surface area contributed by atoms with Crippen molar-refractivity contribution in [3.05, 3.63) is 28.9 Å². The van der Waals surface area contributed by atoms with E-state index in [0.29, 0.717) is 12.2 Å². The maximum atomic E-state index is 9.73. The first-order valence-electron chi connectivity index (χ1n) is 5.67. The highest BCUT2D eigenvalue weighted by atomic mass is 79.9. The molecule has 4 N–H and O–H groups in total. The topological polar surface area (TPSA) is 71.2 Å². The second kappa shape index (κ2) is 4.74. The number of aromatic nitrogens is 1. The predicted octanol–water partition coefficient (Wildman–Crippen LogP) is 2.76. The molecule has 5 heteroatoms. The number of fused-ring (bicyclic) bond motifs is 1. The van der Waals surface area contributed by atoms with Crippen molar-refractivity contribution in [3.63, 3.8) is 0 Å². The van der Waals surface area contributed by atoms with Crippen LogP contribution in [0.15, 0.2) is 28.9 Å².